The van der Waals surface area contributed by atoms with Gasteiger partial charge in [-0.25, -0.2) is 0 Å². The zero-order valence-electron chi connectivity index (χ0n) is 11.1. The van der Waals surface area contributed by atoms with Crippen molar-refractivity contribution in [2.75, 3.05) is 33.0 Å². The van der Waals surface area contributed by atoms with Crippen LogP contribution in [0, 0.1) is 5.92 Å². The number of hydrogen-bond donors (Lipinski definition) is 1. The molecule has 0 radical (unpaired) electrons. The lowest BCUT2D eigenvalue weighted by molar-refractivity contribution is 0.0482. The minimum absolute atomic E-state index is 0.484. The van der Waals surface area contributed by atoms with Gasteiger partial charge in [0.1, 0.15) is 0 Å². The number of ether oxygens (including phenoxy) is 2. The van der Waals surface area contributed by atoms with Gasteiger partial charge in [0, 0.05) is 18.8 Å². The second-order valence-electron chi connectivity index (χ2n) is 4.19. The number of rotatable bonds is 11. The van der Waals surface area contributed by atoms with E-state index in [0.717, 1.165) is 25.3 Å². The number of allylic oxidation sites excluding steroid dienone is 1. The van der Waals surface area contributed by atoms with Crippen LogP contribution in [0.2, 0.25) is 0 Å². The molecule has 0 amide bonds. The maximum atomic E-state index is 5.42. The third kappa shape index (κ3) is 9.99. The van der Waals surface area contributed by atoms with Gasteiger partial charge in [-0.15, -0.1) is 0 Å². The van der Waals surface area contributed by atoms with Crippen molar-refractivity contribution in [3.63, 3.8) is 0 Å². The molecule has 96 valence electrons. The van der Waals surface area contributed by atoms with Crippen molar-refractivity contribution in [1.82, 2.24) is 5.32 Å². The predicted molar refractivity (Wildman–Crippen MR) is 68.5 cm³/mol. The molecule has 0 aliphatic heterocycles. The fourth-order valence-electron chi connectivity index (χ4n) is 1.06. The van der Waals surface area contributed by atoms with Crippen LogP contribution in [-0.2, 0) is 9.47 Å². The number of unbranched alkanes of at least 4 members (excludes halogenated alkanes) is 1. The zero-order valence-corrected chi connectivity index (χ0v) is 11.1. The van der Waals surface area contributed by atoms with Crippen molar-refractivity contribution >= 4 is 0 Å². The minimum Gasteiger partial charge on any atom is -0.386 e. The summed E-state index contributed by atoms with van der Waals surface area (Å²) in [5.74, 6) is 0.484. The van der Waals surface area contributed by atoms with Gasteiger partial charge in [-0.3, -0.25) is 0 Å². The van der Waals surface area contributed by atoms with Gasteiger partial charge in [0.15, 0.2) is 0 Å². The molecule has 0 unspecified atom stereocenters. The van der Waals surface area contributed by atoms with Crippen LogP contribution in [0.15, 0.2) is 12.3 Å². The first-order chi connectivity index (χ1) is 7.68. The van der Waals surface area contributed by atoms with E-state index in [9.17, 15) is 0 Å². The molecule has 0 aliphatic carbocycles. The average Bonchev–Trinajstić information content (AvgIpc) is 2.26. The summed E-state index contributed by atoms with van der Waals surface area (Å²) in [4.78, 5) is 0. The molecule has 0 saturated carbocycles. The fraction of sp³-hybridized carbons (Fsp3) is 0.846. The third-order valence-electron chi connectivity index (χ3n) is 2.31. The Labute approximate surface area is 100 Å². The lowest BCUT2D eigenvalue weighted by Gasteiger charge is -2.12. The largest absolute Gasteiger partial charge is 0.386 e. The molecule has 0 heterocycles. The van der Waals surface area contributed by atoms with Gasteiger partial charge in [0.2, 0.25) is 0 Å². The van der Waals surface area contributed by atoms with Gasteiger partial charge < -0.3 is 14.8 Å². The van der Waals surface area contributed by atoms with Crippen molar-refractivity contribution in [2.45, 2.75) is 33.6 Å². The quantitative estimate of drug-likeness (QED) is 0.552. The topological polar surface area (TPSA) is 30.5 Å². The summed E-state index contributed by atoms with van der Waals surface area (Å²) in [5.41, 5.74) is 1.07. The maximum absolute atomic E-state index is 5.42. The highest BCUT2D eigenvalue weighted by molar-refractivity contribution is 4.93. The standard InChI is InChI=1S/C13H27NO2/c1-5-6-8-15-10-11-16-9-7-14-13(4)12(2)3/h12,14H,4-11H2,1-3H3. The second-order valence-corrected chi connectivity index (χ2v) is 4.19. The van der Waals surface area contributed by atoms with E-state index in [1.54, 1.807) is 0 Å². The van der Waals surface area contributed by atoms with Crippen molar-refractivity contribution in [3.05, 3.63) is 12.3 Å². The van der Waals surface area contributed by atoms with Crippen molar-refractivity contribution in [3.8, 4) is 0 Å². The Morgan fingerprint density at radius 1 is 1.12 bits per heavy atom. The van der Waals surface area contributed by atoms with Gasteiger partial charge in [0.05, 0.1) is 19.8 Å². The van der Waals surface area contributed by atoms with E-state index in [2.05, 4.69) is 32.7 Å². The fourth-order valence-corrected chi connectivity index (χ4v) is 1.06. The van der Waals surface area contributed by atoms with Crippen LogP contribution in [0.5, 0.6) is 0 Å². The highest BCUT2D eigenvalue weighted by atomic mass is 16.5. The molecule has 3 nitrogen and oxygen atoms in total. The summed E-state index contributed by atoms with van der Waals surface area (Å²) in [6.45, 7) is 14.1. The molecule has 0 saturated heterocycles. The molecular weight excluding hydrogens is 202 g/mol. The molecule has 0 aliphatic rings. The van der Waals surface area contributed by atoms with Gasteiger partial charge in [0.25, 0.3) is 0 Å². The Hall–Kier alpha value is -0.540. The average molecular weight is 229 g/mol. The molecule has 3 heteroatoms. The van der Waals surface area contributed by atoms with E-state index in [0.29, 0.717) is 25.7 Å². The molecule has 0 bridgehead atoms. The molecule has 16 heavy (non-hydrogen) atoms. The molecular formula is C13H27NO2. The summed E-state index contributed by atoms with van der Waals surface area (Å²) in [7, 11) is 0. The van der Waals surface area contributed by atoms with Gasteiger partial charge in [-0.1, -0.05) is 33.8 Å². The monoisotopic (exact) mass is 229 g/mol. The Balaban J connectivity index is 3.07. The van der Waals surface area contributed by atoms with Crippen LogP contribution in [0.1, 0.15) is 33.6 Å². The van der Waals surface area contributed by atoms with Crippen LogP contribution in [0.4, 0.5) is 0 Å². The summed E-state index contributed by atoms with van der Waals surface area (Å²) in [5, 5.41) is 3.23. The summed E-state index contributed by atoms with van der Waals surface area (Å²) < 4.78 is 10.8. The van der Waals surface area contributed by atoms with Crippen LogP contribution in [0.3, 0.4) is 0 Å². The summed E-state index contributed by atoms with van der Waals surface area (Å²) in [6, 6.07) is 0. The van der Waals surface area contributed by atoms with E-state index in [4.69, 9.17) is 9.47 Å². The molecule has 0 atom stereocenters. The van der Waals surface area contributed by atoms with Gasteiger partial charge >= 0.3 is 0 Å². The molecule has 0 aromatic rings. The molecule has 0 aromatic heterocycles. The van der Waals surface area contributed by atoms with Gasteiger partial charge in [-0.2, -0.15) is 0 Å². The lowest BCUT2D eigenvalue weighted by atomic mass is 10.1. The van der Waals surface area contributed by atoms with Crippen molar-refractivity contribution < 1.29 is 9.47 Å². The summed E-state index contributed by atoms with van der Waals surface area (Å²) in [6.07, 6.45) is 2.32. The normalized spacial score (nSPS) is 10.8. The Kier molecular flexibility index (Phi) is 10.6. The first-order valence-corrected chi connectivity index (χ1v) is 6.26. The Bertz CT molecular complexity index is 169. The van der Waals surface area contributed by atoms with E-state index in [-0.39, 0.29) is 0 Å². The number of hydrogen-bond acceptors (Lipinski definition) is 3. The van der Waals surface area contributed by atoms with Crippen molar-refractivity contribution in [1.29, 1.82) is 0 Å². The second kappa shape index (κ2) is 11.0. The predicted octanol–water partition coefficient (Wildman–Crippen LogP) is 2.58. The molecule has 0 rings (SSSR count). The third-order valence-corrected chi connectivity index (χ3v) is 2.31. The number of nitrogens with one attached hydrogen (secondary N) is 1. The van der Waals surface area contributed by atoms with E-state index >= 15 is 0 Å². The van der Waals surface area contributed by atoms with Crippen LogP contribution in [0.25, 0.3) is 0 Å². The van der Waals surface area contributed by atoms with E-state index in [1.807, 2.05) is 0 Å². The minimum atomic E-state index is 0.484. The molecule has 1 N–H and O–H groups in total. The first kappa shape index (κ1) is 15.5. The zero-order chi connectivity index (χ0) is 12.2. The summed E-state index contributed by atoms with van der Waals surface area (Å²) >= 11 is 0. The Morgan fingerprint density at radius 2 is 1.75 bits per heavy atom. The first-order valence-electron chi connectivity index (χ1n) is 6.26. The Morgan fingerprint density at radius 3 is 2.31 bits per heavy atom. The highest BCUT2D eigenvalue weighted by Crippen LogP contribution is 2.00. The van der Waals surface area contributed by atoms with Crippen molar-refractivity contribution in [2.24, 2.45) is 5.92 Å². The van der Waals surface area contributed by atoms with Crippen LogP contribution in [-0.4, -0.2) is 33.0 Å². The maximum Gasteiger partial charge on any atom is 0.0701 e. The molecule has 0 fully saturated rings. The smallest absolute Gasteiger partial charge is 0.0701 e. The van der Waals surface area contributed by atoms with E-state index < -0.39 is 0 Å². The molecule has 0 aromatic carbocycles. The molecule has 0 spiro atoms. The SMILES string of the molecule is C=C(NCCOCCOCCCC)C(C)C. The van der Waals surface area contributed by atoms with Crippen LogP contribution < -0.4 is 5.32 Å². The van der Waals surface area contributed by atoms with E-state index in [1.165, 1.54) is 6.42 Å². The highest BCUT2D eigenvalue weighted by Gasteiger charge is 1.97. The lowest BCUT2D eigenvalue weighted by Crippen LogP contribution is -2.22. The van der Waals surface area contributed by atoms with Gasteiger partial charge in [-0.05, 0) is 12.3 Å². The van der Waals surface area contributed by atoms with Crippen LogP contribution >= 0.6 is 0 Å².